The number of methoxy groups -OCH3 is 1. The molecule has 3 atom stereocenters. The molecule has 1 aromatic rings. The van der Waals surface area contributed by atoms with Crippen LogP contribution in [0.2, 0.25) is 0 Å². The van der Waals surface area contributed by atoms with Crippen LogP contribution in [0.15, 0.2) is 35.4 Å². The van der Waals surface area contributed by atoms with Crippen molar-refractivity contribution in [2.24, 2.45) is 5.92 Å². The molecule has 0 bridgehead atoms. The third-order valence-electron chi connectivity index (χ3n) is 5.90. The van der Waals surface area contributed by atoms with E-state index in [0.29, 0.717) is 51.4 Å². The van der Waals surface area contributed by atoms with Crippen LogP contribution in [0.3, 0.4) is 0 Å². The van der Waals surface area contributed by atoms with Gasteiger partial charge in [-0.15, -0.1) is 0 Å². The summed E-state index contributed by atoms with van der Waals surface area (Å²) < 4.78 is 12.2. The average Bonchev–Trinajstić information content (AvgIpc) is 2.84. The molecule has 10 heteroatoms. The van der Waals surface area contributed by atoms with E-state index in [0.717, 1.165) is 5.57 Å². The Morgan fingerprint density at radius 3 is 2.57 bits per heavy atom. The summed E-state index contributed by atoms with van der Waals surface area (Å²) in [4.78, 5) is 39.1. The summed E-state index contributed by atoms with van der Waals surface area (Å²) in [5.41, 5.74) is 1.57. The molecule has 3 N–H and O–H groups in total. The summed E-state index contributed by atoms with van der Waals surface area (Å²) in [6, 6.07) is 2.43. The molecule has 3 unspecified atom stereocenters. The molecule has 0 heterocycles. The van der Waals surface area contributed by atoms with E-state index in [9.17, 15) is 19.5 Å². The van der Waals surface area contributed by atoms with Gasteiger partial charge in [0.1, 0.15) is 18.5 Å². The zero-order valence-electron chi connectivity index (χ0n) is 22.0. The number of hydrogen-bond donors (Lipinski definition) is 3. The average molecular weight is 629 g/mol. The number of carbonyl (C=O) groups excluding carboxylic acids is 3. The fraction of sp³-hybridized carbons (Fsp3) is 0.519. The van der Waals surface area contributed by atoms with Crippen LogP contribution in [0.1, 0.15) is 50.9 Å². The molecule has 0 saturated carbocycles. The van der Waals surface area contributed by atoms with Gasteiger partial charge in [-0.3, -0.25) is 14.4 Å². The first kappa shape index (κ1) is 30.8. The van der Waals surface area contributed by atoms with Gasteiger partial charge in [-0.1, -0.05) is 19.4 Å². The number of benzene rings is 1. The molecule has 1 aliphatic carbocycles. The van der Waals surface area contributed by atoms with Crippen molar-refractivity contribution in [2.75, 3.05) is 26.8 Å². The van der Waals surface area contributed by atoms with Crippen molar-refractivity contribution in [3.05, 3.63) is 44.6 Å². The molecular weight excluding hydrogens is 591 g/mol. The Kier molecular flexibility index (Phi) is 12.1. The number of rotatable bonds is 12. The van der Waals surface area contributed by atoms with Gasteiger partial charge in [0.15, 0.2) is 11.5 Å². The van der Waals surface area contributed by atoms with Crippen molar-refractivity contribution >= 4 is 40.7 Å². The minimum absolute atomic E-state index is 0.0710. The number of aliphatic hydroxyl groups excluding tert-OH is 2. The van der Waals surface area contributed by atoms with E-state index < -0.39 is 24.2 Å². The number of aliphatic hydroxyl groups is 2. The van der Waals surface area contributed by atoms with E-state index >= 15 is 0 Å². The first-order valence-electron chi connectivity index (χ1n) is 12.2. The van der Waals surface area contributed by atoms with Gasteiger partial charge in [-0.25, -0.2) is 0 Å². The minimum Gasteiger partial charge on any atom is -0.493 e. The number of carbonyl (C=O) groups is 3. The highest BCUT2D eigenvalue weighted by Gasteiger charge is 2.40. The number of allylic oxidation sites excluding steroid dienone is 1. The Balaban J connectivity index is 2.54. The number of ether oxygens (including phenoxy) is 2. The van der Waals surface area contributed by atoms with E-state index in [1.807, 2.05) is 36.4 Å². The quantitative estimate of drug-likeness (QED) is 0.185. The molecule has 0 radical (unpaired) electrons. The van der Waals surface area contributed by atoms with Crippen LogP contribution in [0.25, 0.3) is 0 Å². The molecule has 2 amide bonds. The van der Waals surface area contributed by atoms with Crippen LogP contribution in [0, 0.1) is 9.49 Å². The number of hydrogen-bond acceptors (Lipinski definition) is 7. The molecule has 0 fully saturated rings. The summed E-state index contributed by atoms with van der Waals surface area (Å²) in [7, 11) is 1.45. The second-order valence-corrected chi connectivity index (χ2v) is 10.8. The van der Waals surface area contributed by atoms with Crippen molar-refractivity contribution in [3.8, 4) is 11.5 Å². The molecule has 0 aliphatic heterocycles. The minimum atomic E-state index is -1.15. The van der Waals surface area contributed by atoms with Gasteiger partial charge in [0, 0.05) is 36.7 Å². The summed E-state index contributed by atoms with van der Waals surface area (Å²) in [6.07, 6.45) is 2.47. The Morgan fingerprint density at radius 1 is 1.30 bits per heavy atom. The molecule has 0 aromatic heterocycles. The van der Waals surface area contributed by atoms with Gasteiger partial charge < -0.3 is 29.9 Å². The van der Waals surface area contributed by atoms with Crippen LogP contribution >= 0.6 is 22.6 Å². The first-order chi connectivity index (χ1) is 17.5. The van der Waals surface area contributed by atoms with Crippen molar-refractivity contribution in [1.82, 2.24) is 10.2 Å². The summed E-state index contributed by atoms with van der Waals surface area (Å²) in [5, 5.41) is 23.3. The third kappa shape index (κ3) is 8.54. The maximum atomic E-state index is 13.2. The van der Waals surface area contributed by atoms with Gasteiger partial charge in [0.25, 0.3) is 0 Å². The molecule has 0 saturated heterocycles. The van der Waals surface area contributed by atoms with Gasteiger partial charge in [-0.05, 0) is 67.0 Å². The molecule has 1 aliphatic rings. The van der Waals surface area contributed by atoms with Crippen molar-refractivity contribution in [3.63, 3.8) is 0 Å². The summed E-state index contributed by atoms with van der Waals surface area (Å²) in [5.74, 6) is 0.285. The van der Waals surface area contributed by atoms with Gasteiger partial charge in [-0.2, -0.15) is 0 Å². The zero-order valence-corrected chi connectivity index (χ0v) is 24.2. The van der Waals surface area contributed by atoms with E-state index in [1.54, 1.807) is 17.0 Å². The van der Waals surface area contributed by atoms with Crippen molar-refractivity contribution in [2.45, 2.75) is 58.8 Å². The highest BCUT2D eigenvalue weighted by atomic mass is 127. The van der Waals surface area contributed by atoms with Crippen LogP contribution in [0.4, 0.5) is 0 Å². The van der Waals surface area contributed by atoms with E-state index in [2.05, 4.69) is 19.2 Å². The van der Waals surface area contributed by atoms with Crippen LogP contribution in [-0.2, 0) is 9.59 Å². The van der Waals surface area contributed by atoms with Crippen LogP contribution < -0.4 is 14.8 Å². The molecule has 2 rings (SSSR count). The summed E-state index contributed by atoms with van der Waals surface area (Å²) >= 11 is 2.02. The predicted molar refractivity (Wildman–Crippen MR) is 149 cm³/mol. The SMILES string of the molecule is COc1cc(C=O)cc(I)c1OC1C=C(C(=O)NCCO)CC(N(CCC(C)C)C(=O)C=C(C)C)C1O. The molecular formula is C27H37IN2O7. The number of nitrogens with one attached hydrogen (secondary N) is 1. The third-order valence-corrected chi connectivity index (χ3v) is 6.70. The van der Waals surface area contributed by atoms with E-state index in [1.165, 1.54) is 19.3 Å². The molecule has 37 heavy (non-hydrogen) atoms. The summed E-state index contributed by atoms with van der Waals surface area (Å²) in [6.45, 7) is 8.01. The predicted octanol–water partition coefficient (Wildman–Crippen LogP) is 2.87. The van der Waals surface area contributed by atoms with Gasteiger partial charge in [0.05, 0.1) is 23.3 Å². The zero-order chi connectivity index (χ0) is 27.7. The lowest BCUT2D eigenvalue weighted by Gasteiger charge is -2.40. The Bertz CT molecular complexity index is 1030. The largest absolute Gasteiger partial charge is 0.493 e. The number of nitrogens with zero attached hydrogens (tertiary/aromatic N) is 1. The molecule has 204 valence electrons. The second kappa shape index (κ2) is 14.5. The number of amides is 2. The molecule has 9 nitrogen and oxygen atoms in total. The van der Waals surface area contributed by atoms with Gasteiger partial charge in [0.2, 0.25) is 11.8 Å². The van der Waals surface area contributed by atoms with E-state index in [-0.39, 0.29) is 25.5 Å². The fourth-order valence-electron chi connectivity index (χ4n) is 4.00. The lowest BCUT2D eigenvalue weighted by molar-refractivity contribution is -0.133. The monoisotopic (exact) mass is 628 g/mol. The number of aldehydes is 1. The molecule has 1 aromatic carbocycles. The maximum absolute atomic E-state index is 13.2. The molecule has 0 spiro atoms. The lowest BCUT2D eigenvalue weighted by atomic mass is 9.87. The van der Waals surface area contributed by atoms with Gasteiger partial charge >= 0.3 is 0 Å². The topological polar surface area (TPSA) is 125 Å². The van der Waals surface area contributed by atoms with Crippen molar-refractivity contribution < 1.29 is 34.1 Å². The van der Waals surface area contributed by atoms with Crippen molar-refractivity contribution in [1.29, 1.82) is 0 Å². The highest BCUT2D eigenvalue weighted by Crippen LogP contribution is 2.37. The fourth-order valence-corrected chi connectivity index (χ4v) is 4.76. The second-order valence-electron chi connectivity index (χ2n) is 9.60. The smallest absolute Gasteiger partial charge is 0.247 e. The normalized spacial score (nSPS) is 19.1. The first-order valence-corrected chi connectivity index (χ1v) is 13.3. The maximum Gasteiger partial charge on any atom is 0.247 e. The standard InChI is InChI=1S/C27H37IN2O7/c1-16(2)6-8-30(24(33)10-17(3)4)21-13-19(27(35)29-7-9-31)14-22(25(21)34)37-26-20(28)11-18(15-32)12-23(26)36-5/h10-12,14-16,21-22,25,31,34H,6-9,13H2,1-5H3,(H,29,35). The van der Waals surface area contributed by atoms with Crippen LogP contribution in [0.5, 0.6) is 11.5 Å². The Hall–Kier alpha value is -2.44. The Morgan fingerprint density at radius 2 is 2.00 bits per heavy atom. The van der Waals surface area contributed by atoms with Crippen LogP contribution in [-0.4, -0.2) is 78.3 Å². The highest BCUT2D eigenvalue weighted by molar-refractivity contribution is 14.1. The number of halogens is 1. The van der Waals surface area contributed by atoms with E-state index in [4.69, 9.17) is 14.6 Å². The Labute approximate surface area is 232 Å². The lowest BCUT2D eigenvalue weighted by Crippen LogP contribution is -2.55.